The van der Waals surface area contributed by atoms with E-state index in [2.05, 4.69) is 34.9 Å². The summed E-state index contributed by atoms with van der Waals surface area (Å²) < 4.78 is 7.32. The maximum atomic E-state index is 14.2. The minimum Gasteiger partial charge on any atom is -0.380 e. The minimum atomic E-state index is -0.789. The van der Waals surface area contributed by atoms with E-state index in [1.807, 2.05) is 24.3 Å². The summed E-state index contributed by atoms with van der Waals surface area (Å²) in [6.07, 6.45) is 11.4. The summed E-state index contributed by atoms with van der Waals surface area (Å²) in [5.41, 5.74) is 1.28. The lowest BCUT2D eigenvalue weighted by atomic mass is 9.66. The summed E-state index contributed by atoms with van der Waals surface area (Å²) in [6, 6.07) is 8.63. The number of aryl methyl sites for hydroxylation is 1. The van der Waals surface area contributed by atoms with E-state index >= 15 is 0 Å². The van der Waals surface area contributed by atoms with Gasteiger partial charge in [0.2, 0.25) is 11.8 Å². The maximum absolute atomic E-state index is 14.2. The van der Waals surface area contributed by atoms with E-state index in [1.54, 1.807) is 19.3 Å². The molecule has 0 bridgehead atoms. The summed E-state index contributed by atoms with van der Waals surface area (Å²) in [4.78, 5) is 41.3. The van der Waals surface area contributed by atoms with Crippen LogP contribution in [0.4, 0.5) is 5.69 Å². The van der Waals surface area contributed by atoms with E-state index in [9.17, 15) is 14.4 Å². The van der Waals surface area contributed by atoms with Crippen LogP contribution >= 0.6 is 0 Å². The van der Waals surface area contributed by atoms with Gasteiger partial charge in [-0.05, 0) is 85.0 Å². The smallest absolute Gasteiger partial charge is 0.270 e. The Morgan fingerprint density at radius 2 is 1.86 bits per heavy atom. The van der Waals surface area contributed by atoms with Gasteiger partial charge in [-0.15, -0.1) is 0 Å². The van der Waals surface area contributed by atoms with Crippen LogP contribution in [0.5, 0.6) is 0 Å². The van der Waals surface area contributed by atoms with Crippen molar-refractivity contribution in [3.05, 3.63) is 47.8 Å². The second kappa shape index (κ2) is 12.1. The predicted molar refractivity (Wildman–Crippen MR) is 164 cm³/mol. The fourth-order valence-corrected chi connectivity index (χ4v) is 7.55. The van der Waals surface area contributed by atoms with Crippen molar-refractivity contribution in [2.24, 2.45) is 36.1 Å². The molecular formula is C34H47N5O4. The summed E-state index contributed by atoms with van der Waals surface area (Å²) >= 11 is 0. The molecule has 3 unspecified atom stereocenters. The first-order valence-electron chi connectivity index (χ1n) is 16.3. The third-order valence-corrected chi connectivity index (χ3v) is 11.0. The Morgan fingerprint density at radius 3 is 2.44 bits per heavy atom. The number of carbonyl (C=O) groups excluding carboxylic acids is 3. The van der Waals surface area contributed by atoms with E-state index < -0.39 is 11.5 Å². The average Bonchev–Trinajstić information content (AvgIpc) is 3.51. The highest BCUT2D eigenvalue weighted by molar-refractivity contribution is 6.01. The molecule has 9 nitrogen and oxygen atoms in total. The molecule has 3 amide bonds. The van der Waals surface area contributed by atoms with Gasteiger partial charge >= 0.3 is 0 Å². The first kappa shape index (κ1) is 29.9. The number of nitrogens with one attached hydrogen (secondary N) is 3. The van der Waals surface area contributed by atoms with Crippen molar-refractivity contribution in [2.45, 2.75) is 83.1 Å². The van der Waals surface area contributed by atoms with Crippen LogP contribution in [0.15, 0.2) is 36.5 Å². The van der Waals surface area contributed by atoms with E-state index in [1.165, 1.54) is 23.9 Å². The Bertz CT molecular complexity index is 1340. The van der Waals surface area contributed by atoms with Crippen LogP contribution in [0.25, 0.3) is 0 Å². The predicted octanol–water partition coefficient (Wildman–Crippen LogP) is 4.58. The van der Waals surface area contributed by atoms with Crippen molar-refractivity contribution in [3.8, 4) is 0 Å². The zero-order chi connectivity index (χ0) is 30.2. The molecule has 6 rings (SSSR count). The lowest BCUT2D eigenvalue weighted by molar-refractivity contribution is -0.127. The number of ether oxygens (including phenoxy) is 1. The summed E-state index contributed by atoms with van der Waals surface area (Å²) in [5, 5.41) is 13.7. The van der Waals surface area contributed by atoms with Gasteiger partial charge in [0.05, 0.1) is 12.0 Å². The zero-order valence-electron chi connectivity index (χ0n) is 25.9. The van der Waals surface area contributed by atoms with Gasteiger partial charge in [-0.2, -0.15) is 5.10 Å². The highest BCUT2D eigenvalue weighted by Crippen LogP contribution is 2.48. The van der Waals surface area contributed by atoms with E-state index in [0.717, 1.165) is 37.7 Å². The van der Waals surface area contributed by atoms with Gasteiger partial charge in [0.15, 0.2) is 0 Å². The number of amides is 3. The Hall–Kier alpha value is -3.20. The highest BCUT2D eigenvalue weighted by atomic mass is 16.5. The van der Waals surface area contributed by atoms with Crippen LogP contribution in [0.3, 0.4) is 0 Å². The van der Waals surface area contributed by atoms with Crippen molar-refractivity contribution >= 4 is 23.4 Å². The third kappa shape index (κ3) is 6.10. The molecule has 232 valence electrons. The average molecular weight is 590 g/mol. The fraction of sp³-hybridized carbons (Fsp3) is 0.647. The van der Waals surface area contributed by atoms with E-state index in [-0.39, 0.29) is 29.1 Å². The molecular weight excluding hydrogens is 542 g/mol. The van der Waals surface area contributed by atoms with E-state index in [0.29, 0.717) is 55.3 Å². The molecule has 1 aromatic carbocycles. The molecule has 1 aliphatic heterocycles. The molecule has 43 heavy (non-hydrogen) atoms. The minimum absolute atomic E-state index is 0.00813. The second-order valence-electron chi connectivity index (χ2n) is 14.1. The summed E-state index contributed by atoms with van der Waals surface area (Å²) in [5.74, 6) is 0.877. The fourth-order valence-electron chi connectivity index (χ4n) is 7.55. The topological polar surface area (TPSA) is 114 Å². The number of hydrogen-bond donors (Lipinski definition) is 3. The van der Waals surface area contributed by atoms with Crippen LogP contribution < -0.4 is 16.0 Å². The van der Waals surface area contributed by atoms with Crippen molar-refractivity contribution in [3.63, 3.8) is 0 Å². The molecule has 4 aliphatic rings. The summed E-state index contributed by atoms with van der Waals surface area (Å²) in [7, 11) is 1.73. The number of anilines is 1. The molecule has 2 heterocycles. The van der Waals surface area contributed by atoms with Crippen molar-refractivity contribution in [1.82, 2.24) is 20.4 Å². The first-order chi connectivity index (χ1) is 20.7. The number of nitrogens with zero attached hydrogens (tertiary/aromatic N) is 2. The van der Waals surface area contributed by atoms with Crippen molar-refractivity contribution < 1.29 is 19.1 Å². The molecule has 0 radical (unpaired) electrons. The van der Waals surface area contributed by atoms with Crippen molar-refractivity contribution in [2.75, 3.05) is 25.1 Å². The van der Waals surface area contributed by atoms with Crippen LogP contribution in [0.1, 0.15) is 87.7 Å². The molecule has 0 spiro atoms. The van der Waals surface area contributed by atoms with Gasteiger partial charge in [-0.1, -0.05) is 51.7 Å². The monoisotopic (exact) mass is 589 g/mol. The normalized spacial score (nSPS) is 25.1. The molecule has 9 heteroatoms. The van der Waals surface area contributed by atoms with Gasteiger partial charge < -0.3 is 20.7 Å². The third-order valence-electron chi connectivity index (χ3n) is 11.0. The number of carbonyl (C=O) groups is 3. The summed E-state index contributed by atoms with van der Waals surface area (Å²) in [6.45, 7) is 5.99. The van der Waals surface area contributed by atoms with Crippen LogP contribution in [0.2, 0.25) is 0 Å². The number of aromatic nitrogens is 2. The molecule has 1 aromatic heterocycles. The second-order valence-corrected chi connectivity index (χ2v) is 14.1. The van der Waals surface area contributed by atoms with Gasteiger partial charge in [0.25, 0.3) is 5.91 Å². The zero-order valence-corrected chi connectivity index (χ0v) is 25.9. The Labute approximate surface area is 254 Å². The van der Waals surface area contributed by atoms with Crippen LogP contribution in [0, 0.1) is 29.1 Å². The van der Waals surface area contributed by atoms with E-state index in [4.69, 9.17) is 4.74 Å². The molecule has 1 saturated heterocycles. The number of hydrogen-bond acceptors (Lipinski definition) is 5. The van der Waals surface area contributed by atoms with Crippen molar-refractivity contribution in [1.29, 1.82) is 0 Å². The quantitative estimate of drug-likeness (QED) is 0.335. The molecule has 3 N–H and O–H groups in total. The molecule has 3 saturated carbocycles. The Balaban J connectivity index is 1.24. The van der Waals surface area contributed by atoms with Gasteiger partial charge in [-0.25, -0.2) is 0 Å². The molecule has 2 aromatic rings. The molecule has 4 fully saturated rings. The number of benzene rings is 1. The lowest BCUT2D eigenvalue weighted by Gasteiger charge is -2.42. The number of rotatable bonds is 12. The first-order valence-corrected chi connectivity index (χ1v) is 16.3. The molecule has 4 atom stereocenters. The van der Waals surface area contributed by atoms with Crippen LogP contribution in [-0.2, 0) is 26.8 Å². The van der Waals surface area contributed by atoms with Gasteiger partial charge in [-0.3, -0.25) is 19.1 Å². The SMILES string of the molecule is CC(C1CC1)C(C1CCC1)[C@H](NC(=O)c1ccnn1C)C(=O)Nc1cccc(C2(C(=O)NCC3(C)CCC3)CCOC2)c1. The largest absolute Gasteiger partial charge is 0.380 e. The van der Waals surface area contributed by atoms with Gasteiger partial charge in [0.1, 0.15) is 11.7 Å². The highest BCUT2D eigenvalue weighted by Gasteiger charge is 2.47. The van der Waals surface area contributed by atoms with Crippen LogP contribution in [-0.4, -0.2) is 53.3 Å². The van der Waals surface area contributed by atoms with Gasteiger partial charge in [0, 0.05) is 32.1 Å². The Morgan fingerprint density at radius 1 is 1.07 bits per heavy atom. The lowest BCUT2D eigenvalue weighted by Crippen LogP contribution is -2.54. The Kier molecular flexibility index (Phi) is 8.37. The standard InChI is InChI=1S/C34H47N5O4/c1-22(23-11-12-23)28(24-7-4-8-24)29(38-30(40)27-13-17-36-39(27)3)31(41)37-26-10-5-9-25(19-26)34(16-18-43-21-34)32(42)35-20-33(2)14-6-15-33/h5,9-10,13,17,19,22-24,28-29H,4,6-8,11-12,14-16,18,20-21H2,1-3H3,(H,35,42)(H,37,41)(H,38,40)/t22?,28?,29-,34?/m0/s1. The maximum Gasteiger partial charge on any atom is 0.270 e. The molecule has 3 aliphatic carbocycles.